The number of amides is 1. The quantitative estimate of drug-likeness (QED) is 0.443. The van der Waals surface area contributed by atoms with E-state index in [9.17, 15) is 13.8 Å². The van der Waals surface area contributed by atoms with Crippen LogP contribution >= 0.6 is 7.37 Å². The van der Waals surface area contributed by atoms with E-state index in [1.165, 1.54) is 23.1 Å². The Hall–Kier alpha value is -3.50. The number of amidine groups is 1. The number of halogens is 1. The maximum Gasteiger partial charge on any atom is 0.306 e. The summed E-state index contributed by atoms with van der Waals surface area (Å²) in [5, 5.41) is 0.937. The molecule has 3 aromatic rings. The van der Waals surface area contributed by atoms with Gasteiger partial charge in [0.05, 0.1) is 10.6 Å². The standard InChI is InChI=1S/C24H20FN2O3P/c1-17-26-22(24(28)27(17)2)16-18-13-14-23(21(25)15-18)30-31(29,19-9-5-3-6-10-19)20-11-7-4-8-12-20/h3-16H,1-2H3/b22-16-. The molecule has 1 amide bonds. The number of nitrogens with zero attached hydrogens (tertiary/aromatic N) is 2. The lowest BCUT2D eigenvalue weighted by Gasteiger charge is -2.20. The number of aliphatic imine (C=N–C) groups is 1. The molecule has 0 atom stereocenters. The average Bonchev–Trinajstić information content (AvgIpc) is 3.03. The Kier molecular flexibility index (Phi) is 5.57. The number of hydrogen-bond acceptors (Lipinski definition) is 4. The third-order valence-electron chi connectivity index (χ3n) is 4.97. The van der Waals surface area contributed by atoms with Gasteiger partial charge in [0.1, 0.15) is 11.5 Å². The minimum atomic E-state index is -3.58. The van der Waals surface area contributed by atoms with E-state index in [1.807, 2.05) is 12.1 Å². The van der Waals surface area contributed by atoms with Crippen LogP contribution in [0.15, 0.2) is 89.6 Å². The van der Waals surface area contributed by atoms with Crippen molar-refractivity contribution in [2.24, 2.45) is 4.99 Å². The van der Waals surface area contributed by atoms with Crippen LogP contribution in [-0.4, -0.2) is 23.7 Å². The summed E-state index contributed by atoms with van der Waals surface area (Å²) in [7, 11) is -1.95. The molecule has 3 aromatic carbocycles. The molecule has 1 aliphatic heterocycles. The normalized spacial score (nSPS) is 15.3. The summed E-state index contributed by atoms with van der Waals surface area (Å²) >= 11 is 0. The largest absolute Gasteiger partial charge is 0.434 e. The molecule has 0 aromatic heterocycles. The molecule has 0 fully saturated rings. The second-order valence-corrected chi connectivity index (χ2v) is 9.37. The van der Waals surface area contributed by atoms with E-state index < -0.39 is 13.2 Å². The molecule has 7 heteroatoms. The van der Waals surface area contributed by atoms with Crippen LogP contribution in [0, 0.1) is 5.82 Å². The predicted molar refractivity (Wildman–Crippen MR) is 121 cm³/mol. The number of benzene rings is 3. The topological polar surface area (TPSA) is 59.0 Å². The zero-order valence-corrected chi connectivity index (χ0v) is 17.9. The van der Waals surface area contributed by atoms with Gasteiger partial charge in [-0.2, -0.15) is 0 Å². The lowest BCUT2D eigenvalue weighted by Crippen LogP contribution is -2.25. The van der Waals surface area contributed by atoms with Crippen LogP contribution < -0.4 is 15.1 Å². The van der Waals surface area contributed by atoms with Crippen molar-refractivity contribution < 1.29 is 18.3 Å². The fourth-order valence-corrected chi connectivity index (χ4v) is 5.25. The van der Waals surface area contributed by atoms with Crippen LogP contribution in [0.4, 0.5) is 4.39 Å². The molecule has 0 aliphatic carbocycles. The highest BCUT2D eigenvalue weighted by molar-refractivity contribution is 7.74. The molecule has 0 saturated heterocycles. The first-order chi connectivity index (χ1) is 14.9. The van der Waals surface area contributed by atoms with Gasteiger partial charge < -0.3 is 4.52 Å². The maximum atomic E-state index is 14.9. The van der Waals surface area contributed by atoms with Gasteiger partial charge in [0.2, 0.25) is 0 Å². The molecular weight excluding hydrogens is 414 g/mol. The van der Waals surface area contributed by atoms with Crippen molar-refractivity contribution in [3.63, 3.8) is 0 Å². The molecule has 1 aliphatic rings. The number of carbonyl (C=O) groups is 1. The van der Waals surface area contributed by atoms with E-state index in [0.29, 0.717) is 22.0 Å². The first kappa shape index (κ1) is 20.8. The van der Waals surface area contributed by atoms with Gasteiger partial charge in [0.15, 0.2) is 11.6 Å². The Labute approximate surface area is 180 Å². The Balaban J connectivity index is 1.70. The zero-order valence-electron chi connectivity index (χ0n) is 17.0. The summed E-state index contributed by atoms with van der Waals surface area (Å²) in [6, 6.07) is 21.7. The maximum absolute atomic E-state index is 14.9. The predicted octanol–water partition coefficient (Wildman–Crippen LogP) is 4.36. The fourth-order valence-electron chi connectivity index (χ4n) is 3.19. The van der Waals surface area contributed by atoms with Crippen molar-refractivity contribution in [1.29, 1.82) is 0 Å². The molecule has 0 radical (unpaired) electrons. The highest BCUT2D eigenvalue weighted by Crippen LogP contribution is 2.45. The average molecular weight is 434 g/mol. The highest BCUT2D eigenvalue weighted by Gasteiger charge is 2.31. The number of likely N-dealkylation sites (N-methyl/N-ethyl adjacent to an activating group) is 1. The SMILES string of the molecule is CC1=N/C(=C\c2ccc(OP(=O)(c3ccccc3)c3ccccc3)c(F)c2)C(=O)N1C. The Morgan fingerprint density at radius 1 is 0.968 bits per heavy atom. The van der Waals surface area contributed by atoms with Crippen LogP contribution in [0.1, 0.15) is 12.5 Å². The smallest absolute Gasteiger partial charge is 0.306 e. The third kappa shape index (κ3) is 4.07. The van der Waals surface area contributed by atoms with Gasteiger partial charge in [-0.05, 0) is 55.0 Å². The van der Waals surface area contributed by atoms with Crippen molar-refractivity contribution >= 4 is 35.8 Å². The number of carbonyl (C=O) groups excluding carboxylic acids is 1. The van der Waals surface area contributed by atoms with E-state index in [2.05, 4.69) is 4.99 Å². The molecule has 4 rings (SSSR count). The molecular formula is C24H20FN2O3P. The number of rotatable bonds is 5. The fraction of sp³-hybridized carbons (Fsp3) is 0.0833. The number of hydrogen-bond donors (Lipinski definition) is 0. The van der Waals surface area contributed by atoms with Crippen molar-refractivity contribution in [3.05, 3.63) is 95.9 Å². The zero-order chi connectivity index (χ0) is 22.0. The lowest BCUT2D eigenvalue weighted by molar-refractivity contribution is -0.121. The van der Waals surface area contributed by atoms with Crippen LogP contribution in [0.5, 0.6) is 5.75 Å². The van der Waals surface area contributed by atoms with E-state index >= 15 is 0 Å². The molecule has 0 N–H and O–H groups in total. The Morgan fingerprint density at radius 3 is 2.03 bits per heavy atom. The first-order valence-electron chi connectivity index (χ1n) is 9.64. The molecule has 0 unspecified atom stereocenters. The molecule has 156 valence electrons. The molecule has 1 heterocycles. The summed E-state index contributed by atoms with van der Waals surface area (Å²) in [6.07, 6.45) is 1.51. The second-order valence-electron chi connectivity index (χ2n) is 7.06. The van der Waals surface area contributed by atoms with Gasteiger partial charge in [-0.1, -0.05) is 42.5 Å². The van der Waals surface area contributed by atoms with Crippen LogP contribution in [0.25, 0.3) is 6.08 Å². The summed E-state index contributed by atoms with van der Waals surface area (Å²) in [5.74, 6) is -0.493. The van der Waals surface area contributed by atoms with Gasteiger partial charge >= 0.3 is 7.37 Å². The molecule has 0 bridgehead atoms. The Bertz CT molecular complexity index is 1200. The van der Waals surface area contributed by atoms with Gasteiger partial charge in [-0.3, -0.25) is 14.3 Å². The van der Waals surface area contributed by atoms with Crippen LogP contribution in [0.2, 0.25) is 0 Å². The molecule has 0 spiro atoms. The monoisotopic (exact) mass is 434 g/mol. The summed E-state index contributed by atoms with van der Waals surface area (Å²) in [5.41, 5.74) is 0.682. The molecule has 0 saturated carbocycles. The van der Waals surface area contributed by atoms with Crippen molar-refractivity contribution in [2.75, 3.05) is 7.05 Å². The van der Waals surface area contributed by atoms with Gasteiger partial charge in [0, 0.05) is 7.05 Å². The van der Waals surface area contributed by atoms with Gasteiger partial charge in [0.25, 0.3) is 5.91 Å². The summed E-state index contributed by atoms with van der Waals surface area (Å²) in [4.78, 5) is 17.8. The van der Waals surface area contributed by atoms with Gasteiger partial charge in [-0.25, -0.2) is 9.38 Å². The van der Waals surface area contributed by atoms with Crippen molar-refractivity contribution in [3.8, 4) is 5.75 Å². The Morgan fingerprint density at radius 2 is 1.55 bits per heavy atom. The van der Waals surface area contributed by atoms with Crippen molar-refractivity contribution in [2.45, 2.75) is 6.92 Å². The second kappa shape index (κ2) is 8.32. The van der Waals surface area contributed by atoms with E-state index in [1.54, 1.807) is 68.6 Å². The molecule has 31 heavy (non-hydrogen) atoms. The minimum absolute atomic E-state index is 0.132. The van der Waals surface area contributed by atoms with Crippen LogP contribution in [0.3, 0.4) is 0 Å². The van der Waals surface area contributed by atoms with Gasteiger partial charge in [-0.15, -0.1) is 0 Å². The van der Waals surface area contributed by atoms with E-state index in [-0.39, 0.29) is 17.4 Å². The van der Waals surface area contributed by atoms with E-state index in [4.69, 9.17) is 4.52 Å². The van der Waals surface area contributed by atoms with E-state index in [0.717, 1.165) is 0 Å². The summed E-state index contributed by atoms with van der Waals surface area (Å²) < 4.78 is 34.7. The molecule has 5 nitrogen and oxygen atoms in total. The minimum Gasteiger partial charge on any atom is -0.434 e. The first-order valence-corrected chi connectivity index (χ1v) is 11.3. The lowest BCUT2D eigenvalue weighted by atomic mass is 10.1. The highest BCUT2D eigenvalue weighted by atomic mass is 31.2. The third-order valence-corrected chi connectivity index (χ3v) is 7.38. The van der Waals surface area contributed by atoms with Crippen molar-refractivity contribution in [1.82, 2.24) is 4.90 Å². The summed E-state index contributed by atoms with van der Waals surface area (Å²) in [6.45, 7) is 1.72. The van der Waals surface area contributed by atoms with Crippen LogP contribution in [-0.2, 0) is 9.36 Å².